The van der Waals surface area contributed by atoms with E-state index < -0.39 is 29.7 Å². The Hall–Kier alpha value is -3.55. The fourth-order valence-electron chi connectivity index (χ4n) is 4.70. The van der Waals surface area contributed by atoms with Gasteiger partial charge in [-0.25, -0.2) is 4.79 Å². The zero-order chi connectivity index (χ0) is 28.7. The number of phenolic OH excluding ortho intramolecular Hbond substituents is 1. The number of hydrogen-bond acceptors (Lipinski definition) is 5. The molecule has 0 radical (unpaired) electrons. The lowest BCUT2D eigenvalue weighted by atomic mass is 9.97. The molecule has 3 unspecified atom stereocenters. The first kappa shape index (κ1) is 30.0. The van der Waals surface area contributed by atoms with Crippen molar-refractivity contribution in [3.05, 3.63) is 65.2 Å². The molecule has 212 valence electrons. The number of rotatable bonds is 11. The van der Waals surface area contributed by atoms with Gasteiger partial charge >= 0.3 is 6.09 Å². The summed E-state index contributed by atoms with van der Waals surface area (Å²) in [6.07, 6.45) is 2.67. The Kier molecular flexibility index (Phi) is 10.0. The predicted octanol–water partition coefficient (Wildman–Crippen LogP) is 5.17. The fourth-order valence-corrected chi connectivity index (χ4v) is 4.70. The summed E-state index contributed by atoms with van der Waals surface area (Å²) >= 11 is 0. The van der Waals surface area contributed by atoms with Crippen LogP contribution in [0, 0.1) is 6.92 Å². The summed E-state index contributed by atoms with van der Waals surface area (Å²) in [5, 5.41) is 16.8. The van der Waals surface area contributed by atoms with E-state index in [1.165, 1.54) is 0 Å². The standard InChI is InChI=1S/C31H43N3O5/c1-7-12-21(3)32-28(36)26(24-16-11-13-20(2)27(24)35)34(23-17-18-23)29(37)25(19-22-14-9-8-10-15-22)33-30(38)39-31(4,5)6/h8-11,13-16,21,23,25-26,35H,7,12,17-19H2,1-6H3,(H,32,36)(H,33,38). The number of para-hydroxylation sites is 1. The van der Waals surface area contributed by atoms with E-state index >= 15 is 0 Å². The van der Waals surface area contributed by atoms with Crippen LogP contribution in [-0.4, -0.2) is 51.6 Å². The highest BCUT2D eigenvalue weighted by Crippen LogP contribution is 2.39. The Morgan fingerprint density at radius 3 is 2.31 bits per heavy atom. The molecule has 1 fully saturated rings. The summed E-state index contributed by atoms with van der Waals surface area (Å²) in [7, 11) is 0. The number of hydrogen-bond donors (Lipinski definition) is 3. The molecule has 2 aromatic rings. The smallest absolute Gasteiger partial charge is 0.408 e. The monoisotopic (exact) mass is 537 g/mol. The number of phenols is 1. The van der Waals surface area contributed by atoms with Crippen molar-refractivity contribution in [2.45, 2.75) is 103 Å². The van der Waals surface area contributed by atoms with Crippen LogP contribution in [0.2, 0.25) is 0 Å². The molecule has 0 heterocycles. The molecule has 0 aromatic heterocycles. The van der Waals surface area contributed by atoms with Crippen molar-refractivity contribution < 1.29 is 24.2 Å². The van der Waals surface area contributed by atoms with Gasteiger partial charge in [-0.15, -0.1) is 0 Å². The Bertz CT molecular complexity index is 1140. The molecule has 1 aliphatic carbocycles. The van der Waals surface area contributed by atoms with Gasteiger partial charge in [0.2, 0.25) is 11.8 Å². The summed E-state index contributed by atoms with van der Waals surface area (Å²) in [6, 6.07) is 12.3. The van der Waals surface area contributed by atoms with Gasteiger partial charge in [-0.2, -0.15) is 0 Å². The van der Waals surface area contributed by atoms with Crippen LogP contribution in [0.1, 0.15) is 83.0 Å². The molecule has 1 saturated carbocycles. The van der Waals surface area contributed by atoms with Crippen LogP contribution in [0.15, 0.2) is 48.5 Å². The molecule has 8 heteroatoms. The van der Waals surface area contributed by atoms with Gasteiger partial charge in [0.1, 0.15) is 23.4 Å². The van der Waals surface area contributed by atoms with Gasteiger partial charge in [0.05, 0.1) is 0 Å². The summed E-state index contributed by atoms with van der Waals surface area (Å²) in [5.41, 5.74) is 1.10. The minimum Gasteiger partial charge on any atom is -0.507 e. The average molecular weight is 538 g/mol. The van der Waals surface area contributed by atoms with Gasteiger partial charge in [0.15, 0.2) is 0 Å². The SMILES string of the molecule is CCCC(C)NC(=O)C(c1cccc(C)c1O)N(C(=O)C(Cc1ccccc1)NC(=O)OC(C)(C)C)C1CC1. The molecule has 3 amide bonds. The molecular formula is C31H43N3O5. The van der Waals surface area contributed by atoms with Crippen molar-refractivity contribution in [1.82, 2.24) is 15.5 Å². The molecule has 3 rings (SSSR count). The number of benzene rings is 2. The first-order chi connectivity index (χ1) is 18.4. The second-order valence-electron chi connectivity index (χ2n) is 11.5. The first-order valence-electron chi connectivity index (χ1n) is 13.9. The van der Waals surface area contributed by atoms with E-state index in [1.54, 1.807) is 50.8 Å². The molecule has 3 atom stereocenters. The summed E-state index contributed by atoms with van der Waals surface area (Å²) in [4.78, 5) is 42.6. The summed E-state index contributed by atoms with van der Waals surface area (Å²) < 4.78 is 5.48. The van der Waals surface area contributed by atoms with Crippen LogP contribution in [-0.2, 0) is 20.7 Å². The lowest BCUT2D eigenvalue weighted by molar-refractivity contribution is -0.143. The van der Waals surface area contributed by atoms with Gasteiger partial charge in [0.25, 0.3) is 0 Å². The van der Waals surface area contributed by atoms with Gasteiger partial charge in [-0.05, 0) is 65.0 Å². The lowest BCUT2D eigenvalue weighted by Crippen LogP contribution is -2.55. The van der Waals surface area contributed by atoms with Crippen LogP contribution >= 0.6 is 0 Å². The van der Waals surface area contributed by atoms with Gasteiger partial charge in [-0.3, -0.25) is 9.59 Å². The molecular weight excluding hydrogens is 494 g/mol. The molecule has 8 nitrogen and oxygen atoms in total. The van der Waals surface area contributed by atoms with Crippen LogP contribution in [0.4, 0.5) is 4.79 Å². The fraction of sp³-hybridized carbons (Fsp3) is 0.516. The third kappa shape index (κ3) is 8.47. The highest BCUT2D eigenvalue weighted by Gasteiger charge is 2.45. The van der Waals surface area contributed by atoms with E-state index in [1.807, 2.05) is 44.2 Å². The van der Waals surface area contributed by atoms with E-state index in [0.717, 1.165) is 31.2 Å². The van der Waals surface area contributed by atoms with Gasteiger partial charge < -0.3 is 25.4 Å². The van der Waals surface area contributed by atoms with Crippen molar-refractivity contribution in [1.29, 1.82) is 0 Å². The Balaban J connectivity index is 2.03. The maximum atomic E-state index is 14.4. The number of nitrogens with one attached hydrogen (secondary N) is 2. The maximum absolute atomic E-state index is 14.4. The van der Waals surface area contributed by atoms with E-state index in [-0.39, 0.29) is 30.2 Å². The molecule has 0 saturated heterocycles. The number of alkyl carbamates (subject to hydrolysis) is 1. The Morgan fingerprint density at radius 2 is 1.72 bits per heavy atom. The van der Waals surface area contributed by atoms with E-state index in [4.69, 9.17) is 4.74 Å². The van der Waals surface area contributed by atoms with Crippen molar-refractivity contribution in [2.75, 3.05) is 0 Å². The summed E-state index contributed by atoms with van der Waals surface area (Å²) in [6.45, 7) is 11.0. The van der Waals surface area contributed by atoms with Crippen molar-refractivity contribution in [2.24, 2.45) is 0 Å². The molecule has 1 aliphatic rings. The van der Waals surface area contributed by atoms with E-state index in [0.29, 0.717) is 11.1 Å². The molecule has 3 N–H and O–H groups in total. The Morgan fingerprint density at radius 1 is 1.05 bits per heavy atom. The van der Waals surface area contributed by atoms with Crippen molar-refractivity contribution in [3.63, 3.8) is 0 Å². The minimum atomic E-state index is -1.05. The predicted molar refractivity (Wildman–Crippen MR) is 151 cm³/mol. The van der Waals surface area contributed by atoms with Crippen LogP contribution in [0.3, 0.4) is 0 Å². The third-order valence-corrected chi connectivity index (χ3v) is 6.67. The number of carbonyl (C=O) groups is 3. The second-order valence-corrected chi connectivity index (χ2v) is 11.5. The maximum Gasteiger partial charge on any atom is 0.408 e. The molecule has 0 bridgehead atoms. The zero-order valence-corrected chi connectivity index (χ0v) is 24.0. The van der Waals surface area contributed by atoms with Crippen LogP contribution < -0.4 is 10.6 Å². The molecule has 2 aromatic carbocycles. The van der Waals surface area contributed by atoms with Crippen molar-refractivity contribution in [3.8, 4) is 5.75 Å². The largest absolute Gasteiger partial charge is 0.507 e. The number of aromatic hydroxyl groups is 1. The first-order valence-corrected chi connectivity index (χ1v) is 13.9. The van der Waals surface area contributed by atoms with E-state index in [9.17, 15) is 19.5 Å². The van der Waals surface area contributed by atoms with Crippen molar-refractivity contribution >= 4 is 17.9 Å². The highest BCUT2D eigenvalue weighted by atomic mass is 16.6. The van der Waals surface area contributed by atoms with Gasteiger partial charge in [-0.1, -0.05) is 61.9 Å². The minimum absolute atomic E-state index is 0.0149. The number of carbonyl (C=O) groups excluding carboxylic acids is 3. The summed E-state index contributed by atoms with van der Waals surface area (Å²) in [5.74, 6) is -0.761. The van der Waals surface area contributed by atoms with Gasteiger partial charge in [0, 0.05) is 24.1 Å². The Labute approximate surface area is 232 Å². The number of nitrogens with zero attached hydrogens (tertiary/aromatic N) is 1. The molecule has 0 spiro atoms. The number of ether oxygens (including phenoxy) is 1. The number of amides is 3. The third-order valence-electron chi connectivity index (χ3n) is 6.67. The second kappa shape index (κ2) is 13.0. The lowest BCUT2D eigenvalue weighted by Gasteiger charge is -2.35. The molecule has 39 heavy (non-hydrogen) atoms. The topological polar surface area (TPSA) is 108 Å². The van der Waals surface area contributed by atoms with Crippen LogP contribution in [0.25, 0.3) is 0 Å². The van der Waals surface area contributed by atoms with Crippen LogP contribution in [0.5, 0.6) is 5.75 Å². The van der Waals surface area contributed by atoms with E-state index in [2.05, 4.69) is 10.6 Å². The number of aryl methyl sites for hydroxylation is 1. The normalized spacial score (nSPS) is 15.5. The molecule has 0 aliphatic heterocycles. The average Bonchev–Trinajstić information content (AvgIpc) is 3.68. The highest BCUT2D eigenvalue weighted by molar-refractivity contribution is 5.93. The quantitative estimate of drug-likeness (QED) is 0.366. The zero-order valence-electron chi connectivity index (χ0n) is 24.0.